The van der Waals surface area contributed by atoms with E-state index in [0.717, 1.165) is 18.5 Å². The summed E-state index contributed by atoms with van der Waals surface area (Å²) in [6.45, 7) is 1.74. The Morgan fingerprint density at radius 1 is 0.957 bits per heavy atom. The summed E-state index contributed by atoms with van der Waals surface area (Å²) in [4.78, 5) is 2.58. The predicted octanol–water partition coefficient (Wildman–Crippen LogP) is 3.42. The van der Waals surface area contributed by atoms with Crippen LogP contribution < -0.4 is 5.73 Å². The fourth-order valence-corrected chi connectivity index (χ4v) is 4.13. The van der Waals surface area contributed by atoms with E-state index in [1.54, 1.807) is 0 Å². The van der Waals surface area contributed by atoms with Crippen LogP contribution in [0.5, 0.6) is 0 Å². The molecule has 4 rings (SSSR count). The number of rotatable bonds is 2. The molecule has 2 N–H and O–H groups in total. The van der Waals surface area contributed by atoms with Gasteiger partial charge in [0.2, 0.25) is 0 Å². The Balaban J connectivity index is 1.69. The smallest absolute Gasteiger partial charge is 0.158 e. The SMILES string of the molecule is N[C@@]1(c2ccccc2)OC[C@@H](c2ccccc2)N2CCCC[C@H]21. The van der Waals surface area contributed by atoms with Crippen molar-refractivity contribution in [1.82, 2.24) is 4.90 Å². The molecule has 0 bridgehead atoms. The Morgan fingerprint density at radius 2 is 1.65 bits per heavy atom. The first-order chi connectivity index (χ1) is 11.3. The number of ether oxygens (including phenoxy) is 1. The molecule has 0 radical (unpaired) electrons. The van der Waals surface area contributed by atoms with Crippen molar-refractivity contribution in [2.75, 3.05) is 13.2 Å². The summed E-state index contributed by atoms with van der Waals surface area (Å²) in [6.07, 6.45) is 3.55. The number of hydrogen-bond donors (Lipinski definition) is 1. The van der Waals surface area contributed by atoms with Gasteiger partial charge in [0.25, 0.3) is 0 Å². The molecule has 2 heterocycles. The fourth-order valence-electron chi connectivity index (χ4n) is 4.13. The zero-order chi connectivity index (χ0) is 15.7. The van der Waals surface area contributed by atoms with Crippen LogP contribution in [0, 0.1) is 0 Å². The highest BCUT2D eigenvalue weighted by Crippen LogP contribution is 2.42. The van der Waals surface area contributed by atoms with Crippen molar-refractivity contribution in [2.45, 2.75) is 37.1 Å². The van der Waals surface area contributed by atoms with Crippen LogP contribution in [-0.4, -0.2) is 24.1 Å². The first-order valence-electron chi connectivity index (χ1n) is 8.58. The Hall–Kier alpha value is -1.68. The van der Waals surface area contributed by atoms with Crippen molar-refractivity contribution in [3.8, 4) is 0 Å². The quantitative estimate of drug-likeness (QED) is 0.924. The van der Waals surface area contributed by atoms with Crippen LogP contribution in [0.2, 0.25) is 0 Å². The Morgan fingerprint density at radius 3 is 2.39 bits per heavy atom. The summed E-state index contributed by atoms with van der Waals surface area (Å²) < 4.78 is 6.32. The van der Waals surface area contributed by atoms with Crippen molar-refractivity contribution in [1.29, 1.82) is 0 Å². The van der Waals surface area contributed by atoms with Crippen LogP contribution in [0.3, 0.4) is 0 Å². The molecule has 23 heavy (non-hydrogen) atoms. The molecule has 2 aromatic carbocycles. The molecule has 0 aromatic heterocycles. The minimum Gasteiger partial charge on any atom is -0.353 e. The highest BCUT2D eigenvalue weighted by atomic mass is 16.5. The van der Waals surface area contributed by atoms with Crippen LogP contribution in [0.15, 0.2) is 60.7 Å². The number of morpholine rings is 1. The van der Waals surface area contributed by atoms with Crippen LogP contribution >= 0.6 is 0 Å². The molecular weight excluding hydrogens is 284 g/mol. The molecule has 2 aliphatic heterocycles. The molecule has 3 nitrogen and oxygen atoms in total. The lowest BCUT2D eigenvalue weighted by Gasteiger charge is -2.53. The number of nitrogens with zero attached hydrogens (tertiary/aromatic N) is 1. The van der Waals surface area contributed by atoms with Gasteiger partial charge < -0.3 is 4.74 Å². The standard InChI is InChI=1S/C20H24N2O/c21-20(17-11-5-2-6-12-17)19-13-7-8-14-22(19)18(15-23-20)16-9-3-1-4-10-16/h1-6,9-12,18-19H,7-8,13-15,21H2/t18-,19-,20-/m0/s1. The molecule has 0 spiro atoms. The average Bonchev–Trinajstić information content (AvgIpc) is 2.64. The lowest BCUT2D eigenvalue weighted by atomic mass is 9.84. The first kappa shape index (κ1) is 14.9. The van der Waals surface area contributed by atoms with Crippen molar-refractivity contribution in [3.05, 3.63) is 71.8 Å². The molecule has 2 aliphatic rings. The van der Waals surface area contributed by atoms with Crippen molar-refractivity contribution >= 4 is 0 Å². The summed E-state index contributed by atoms with van der Waals surface area (Å²) in [5, 5.41) is 0. The summed E-state index contributed by atoms with van der Waals surface area (Å²) in [5.41, 5.74) is 8.52. The second-order valence-corrected chi connectivity index (χ2v) is 6.65. The van der Waals surface area contributed by atoms with Gasteiger partial charge in [-0.1, -0.05) is 67.1 Å². The van der Waals surface area contributed by atoms with E-state index in [9.17, 15) is 0 Å². The van der Waals surface area contributed by atoms with Gasteiger partial charge in [-0.05, 0) is 30.5 Å². The summed E-state index contributed by atoms with van der Waals surface area (Å²) in [6, 6.07) is 21.5. The third-order valence-electron chi connectivity index (χ3n) is 5.33. The van der Waals surface area contributed by atoms with Gasteiger partial charge in [0.15, 0.2) is 5.72 Å². The highest BCUT2D eigenvalue weighted by Gasteiger charge is 2.48. The monoisotopic (exact) mass is 308 g/mol. The van der Waals surface area contributed by atoms with E-state index in [4.69, 9.17) is 10.5 Å². The molecule has 0 aliphatic carbocycles. The van der Waals surface area contributed by atoms with E-state index < -0.39 is 5.72 Å². The van der Waals surface area contributed by atoms with E-state index in [1.165, 1.54) is 18.4 Å². The van der Waals surface area contributed by atoms with E-state index >= 15 is 0 Å². The zero-order valence-corrected chi connectivity index (χ0v) is 13.4. The third-order valence-corrected chi connectivity index (χ3v) is 5.33. The number of nitrogens with two attached hydrogens (primary N) is 1. The van der Waals surface area contributed by atoms with E-state index in [2.05, 4.69) is 47.4 Å². The Labute approximate surface area is 138 Å². The van der Waals surface area contributed by atoms with Gasteiger partial charge in [0.05, 0.1) is 18.7 Å². The van der Waals surface area contributed by atoms with Crippen LogP contribution in [0.1, 0.15) is 36.4 Å². The number of piperidine rings is 1. The second kappa shape index (κ2) is 6.08. The molecular formula is C20H24N2O. The molecule has 3 atom stereocenters. The van der Waals surface area contributed by atoms with E-state index in [-0.39, 0.29) is 6.04 Å². The fraction of sp³-hybridized carbons (Fsp3) is 0.400. The summed E-state index contributed by atoms with van der Waals surface area (Å²) >= 11 is 0. The molecule has 0 saturated carbocycles. The van der Waals surface area contributed by atoms with Gasteiger partial charge >= 0.3 is 0 Å². The zero-order valence-electron chi connectivity index (χ0n) is 13.4. The first-order valence-corrected chi connectivity index (χ1v) is 8.58. The lowest BCUT2D eigenvalue weighted by Crippen LogP contribution is -2.64. The van der Waals surface area contributed by atoms with Crippen LogP contribution in [0.4, 0.5) is 0 Å². The van der Waals surface area contributed by atoms with Gasteiger partial charge in [-0.3, -0.25) is 10.6 Å². The lowest BCUT2D eigenvalue weighted by molar-refractivity contribution is -0.187. The Bertz CT molecular complexity index is 645. The van der Waals surface area contributed by atoms with Crippen molar-refractivity contribution < 1.29 is 4.74 Å². The van der Waals surface area contributed by atoms with E-state index in [1.807, 2.05) is 18.2 Å². The normalized spacial score (nSPS) is 31.5. The van der Waals surface area contributed by atoms with Gasteiger partial charge in [-0.15, -0.1) is 0 Å². The van der Waals surface area contributed by atoms with Gasteiger partial charge in [-0.2, -0.15) is 0 Å². The van der Waals surface area contributed by atoms with Crippen LogP contribution in [0.25, 0.3) is 0 Å². The number of hydrogen-bond acceptors (Lipinski definition) is 3. The second-order valence-electron chi connectivity index (χ2n) is 6.65. The maximum atomic E-state index is 6.81. The van der Waals surface area contributed by atoms with Gasteiger partial charge in [0.1, 0.15) is 0 Å². The molecule has 0 amide bonds. The molecule has 2 aromatic rings. The largest absolute Gasteiger partial charge is 0.353 e. The average molecular weight is 308 g/mol. The summed E-state index contributed by atoms with van der Waals surface area (Å²) in [7, 11) is 0. The predicted molar refractivity (Wildman–Crippen MR) is 91.8 cm³/mol. The highest BCUT2D eigenvalue weighted by molar-refractivity contribution is 5.27. The van der Waals surface area contributed by atoms with Crippen LogP contribution in [-0.2, 0) is 10.5 Å². The van der Waals surface area contributed by atoms with E-state index in [0.29, 0.717) is 12.6 Å². The van der Waals surface area contributed by atoms with Crippen molar-refractivity contribution in [2.24, 2.45) is 5.73 Å². The maximum absolute atomic E-state index is 6.81. The number of fused-ring (bicyclic) bond motifs is 1. The molecule has 2 fully saturated rings. The van der Waals surface area contributed by atoms with Gasteiger partial charge in [-0.25, -0.2) is 0 Å². The molecule has 120 valence electrons. The third kappa shape index (κ3) is 2.59. The minimum atomic E-state index is -0.701. The molecule has 2 saturated heterocycles. The number of benzene rings is 2. The van der Waals surface area contributed by atoms with Crippen molar-refractivity contribution in [3.63, 3.8) is 0 Å². The van der Waals surface area contributed by atoms with Gasteiger partial charge in [0, 0.05) is 0 Å². The molecule has 3 heteroatoms. The maximum Gasteiger partial charge on any atom is 0.158 e. The summed E-state index contributed by atoms with van der Waals surface area (Å²) in [5.74, 6) is 0. The molecule has 0 unspecified atom stereocenters. The topological polar surface area (TPSA) is 38.5 Å². The Kier molecular flexibility index (Phi) is 3.93. The minimum absolute atomic E-state index is 0.234.